The number of hydrogen-bond donors (Lipinski definition) is 3. The zero-order valence-electron chi connectivity index (χ0n) is 13.8. The van der Waals surface area contributed by atoms with Crippen molar-refractivity contribution in [3.63, 3.8) is 0 Å². The van der Waals surface area contributed by atoms with Crippen molar-refractivity contribution >= 4 is 85.3 Å². The van der Waals surface area contributed by atoms with Crippen molar-refractivity contribution in [2.24, 2.45) is 0 Å². The number of carbonyl (C=O) groups is 1. The van der Waals surface area contributed by atoms with E-state index >= 15 is 0 Å². The molecule has 0 aromatic heterocycles. The molecule has 3 N–H and O–H groups in total. The van der Waals surface area contributed by atoms with Crippen LogP contribution in [0.4, 0.5) is 11.4 Å². The largest absolute Gasteiger partial charge is 0.339 e. The van der Waals surface area contributed by atoms with Crippen molar-refractivity contribution < 1.29 is 9.72 Å². The first kappa shape index (κ1) is 22.6. The second-order valence-corrected chi connectivity index (χ2v) is 9.05. The van der Waals surface area contributed by atoms with E-state index in [9.17, 15) is 14.9 Å². The predicted octanol–water partition coefficient (Wildman–Crippen LogP) is 4.77. The summed E-state index contributed by atoms with van der Waals surface area (Å²) in [7, 11) is 0. The molecule has 0 saturated carbocycles. The van der Waals surface area contributed by atoms with E-state index in [1.54, 1.807) is 12.1 Å². The number of benzene rings is 2. The van der Waals surface area contributed by atoms with Crippen molar-refractivity contribution in [3.05, 3.63) is 68.7 Å². The number of rotatable bonds is 5. The third kappa shape index (κ3) is 6.75. The number of amides is 1. The Morgan fingerprint density at radius 2 is 1.64 bits per heavy atom. The zero-order chi connectivity index (χ0) is 20.9. The van der Waals surface area contributed by atoms with Crippen LogP contribution in [0.5, 0.6) is 0 Å². The molecular weight excluding hydrogens is 515 g/mol. The summed E-state index contributed by atoms with van der Waals surface area (Å²) in [4.78, 5) is 22.5. The van der Waals surface area contributed by atoms with Gasteiger partial charge >= 0.3 is 0 Å². The number of nitro benzene ring substituents is 1. The van der Waals surface area contributed by atoms with Gasteiger partial charge in [-0.15, -0.1) is 0 Å². The van der Waals surface area contributed by atoms with Gasteiger partial charge in [0.2, 0.25) is 3.79 Å². The molecule has 148 valence electrons. The maximum atomic E-state index is 12.4. The van der Waals surface area contributed by atoms with Crippen molar-refractivity contribution in [3.8, 4) is 0 Å². The average Bonchev–Trinajstić information content (AvgIpc) is 2.62. The SMILES string of the molecule is O=C(N[C@H](NC(=S)Nc1ccc(Br)cc1)C(Cl)(Cl)Cl)c1ccc([N+](=O)[O-])cc1. The zero-order valence-corrected chi connectivity index (χ0v) is 18.5. The van der Waals surface area contributed by atoms with Gasteiger partial charge in [-0.25, -0.2) is 0 Å². The number of alkyl halides is 3. The van der Waals surface area contributed by atoms with E-state index < -0.39 is 20.8 Å². The van der Waals surface area contributed by atoms with Gasteiger partial charge < -0.3 is 16.0 Å². The molecule has 0 heterocycles. The monoisotopic (exact) mass is 524 g/mol. The molecule has 0 bridgehead atoms. The van der Waals surface area contributed by atoms with Crippen LogP contribution in [0.2, 0.25) is 0 Å². The van der Waals surface area contributed by atoms with Gasteiger partial charge in [0, 0.05) is 27.9 Å². The molecule has 7 nitrogen and oxygen atoms in total. The van der Waals surface area contributed by atoms with Crippen LogP contribution in [-0.4, -0.2) is 25.9 Å². The summed E-state index contributed by atoms with van der Waals surface area (Å²) in [5, 5.41) is 18.9. The molecule has 2 aromatic carbocycles. The van der Waals surface area contributed by atoms with Crippen molar-refractivity contribution in [2.75, 3.05) is 5.32 Å². The first-order valence-corrected chi connectivity index (χ1v) is 9.85. The van der Waals surface area contributed by atoms with Gasteiger partial charge in [-0.05, 0) is 48.6 Å². The molecule has 0 aliphatic heterocycles. The lowest BCUT2D eigenvalue weighted by Gasteiger charge is -2.27. The van der Waals surface area contributed by atoms with E-state index in [0.717, 1.165) is 4.47 Å². The second kappa shape index (κ2) is 9.71. The fourth-order valence-electron chi connectivity index (χ4n) is 1.98. The molecule has 28 heavy (non-hydrogen) atoms. The van der Waals surface area contributed by atoms with E-state index in [2.05, 4.69) is 31.9 Å². The molecule has 12 heteroatoms. The predicted molar refractivity (Wildman–Crippen MR) is 118 cm³/mol. The Morgan fingerprint density at radius 1 is 1.07 bits per heavy atom. The molecule has 0 aliphatic rings. The fourth-order valence-corrected chi connectivity index (χ4v) is 2.81. The molecule has 2 aromatic rings. The Morgan fingerprint density at radius 3 is 2.14 bits per heavy atom. The van der Waals surface area contributed by atoms with Crippen LogP contribution in [0.1, 0.15) is 10.4 Å². The van der Waals surface area contributed by atoms with Crippen molar-refractivity contribution in [2.45, 2.75) is 9.96 Å². The van der Waals surface area contributed by atoms with Crippen LogP contribution < -0.4 is 16.0 Å². The molecule has 0 fully saturated rings. The Balaban J connectivity index is 2.06. The highest BCUT2D eigenvalue weighted by Crippen LogP contribution is 2.29. The Kier molecular flexibility index (Phi) is 7.85. The maximum Gasteiger partial charge on any atom is 0.269 e. The maximum absolute atomic E-state index is 12.4. The fraction of sp³-hybridized carbons (Fsp3) is 0.125. The molecule has 1 atom stereocenters. The summed E-state index contributed by atoms with van der Waals surface area (Å²) in [5.41, 5.74) is 0.691. The first-order valence-electron chi connectivity index (χ1n) is 7.51. The van der Waals surface area contributed by atoms with Crippen LogP contribution in [0.25, 0.3) is 0 Å². The summed E-state index contributed by atoms with van der Waals surface area (Å²) >= 11 is 26.3. The molecule has 0 unspecified atom stereocenters. The van der Waals surface area contributed by atoms with E-state index in [1.165, 1.54) is 24.3 Å². The third-order valence-electron chi connectivity index (χ3n) is 3.32. The number of non-ortho nitro benzene ring substituents is 1. The standard InChI is InChI=1S/C16H12BrCl3N4O3S/c17-10-3-5-11(6-4-10)21-15(28)23-14(16(18,19)20)22-13(25)9-1-7-12(8-2-9)24(26)27/h1-8,14H,(H,22,25)(H2,21,23,28)/t14-/m1/s1. The second-order valence-electron chi connectivity index (χ2n) is 5.36. The summed E-state index contributed by atoms with van der Waals surface area (Å²) < 4.78 is -1.03. The summed E-state index contributed by atoms with van der Waals surface area (Å²) in [6, 6.07) is 12.2. The number of hydrogen-bond acceptors (Lipinski definition) is 4. The van der Waals surface area contributed by atoms with Gasteiger partial charge in [0.05, 0.1) is 4.92 Å². The quantitative estimate of drug-likeness (QED) is 0.171. The van der Waals surface area contributed by atoms with Crippen LogP contribution in [-0.2, 0) is 0 Å². The smallest absolute Gasteiger partial charge is 0.269 e. The third-order valence-corrected chi connectivity index (χ3v) is 4.72. The number of nitrogens with one attached hydrogen (secondary N) is 3. The molecule has 1 amide bonds. The lowest BCUT2D eigenvalue weighted by Crippen LogP contribution is -2.56. The van der Waals surface area contributed by atoms with Crippen LogP contribution in [0.15, 0.2) is 53.0 Å². The van der Waals surface area contributed by atoms with Gasteiger partial charge in [0.25, 0.3) is 11.6 Å². The van der Waals surface area contributed by atoms with Crippen molar-refractivity contribution in [1.29, 1.82) is 0 Å². The first-order chi connectivity index (χ1) is 13.1. The van der Waals surface area contributed by atoms with E-state index in [-0.39, 0.29) is 16.4 Å². The van der Waals surface area contributed by atoms with Gasteiger partial charge in [-0.2, -0.15) is 0 Å². The highest BCUT2D eigenvalue weighted by molar-refractivity contribution is 9.10. The summed E-state index contributed by atoms with van der Waals surface area (Å²) in [6.45, 7) is 0. The van der Waals surface area contributed by atoms with E-state index in [1.807, 2.05) is 12.1 Å². The topological polar surface area (TPSA) is 96.3 Å². The Labute approximate surface area is 189 Å². The average molecular weight is 527 g/mol. The summed E-state index contributed by atoms with van der Waals surface area (Å²) in [5.74, 6) is -0.606. The van der Waals surface area contributed by atoms with Gasteiger partial charge in [0.15, 0.2) is 5.11 Å². The molecule has 2 rings (SSSR count). The highest BCUT2D eigenvalue weighted by Gasteiger charge is 2.35. The number of nitro groups is 1. The van der Waals surface area contributed by atoms with Gasteiger partial charge in [-0.3, -0.25) is 14.9 Å². The number of anilines is 1. The molecule has 0 radical (unpaired) electrons. The van der Waals surface area contributed by atoms with Crippen LogP contribution >= 0.6 is 63.0 Å². The highest BCUT2D eigenvalue weighted by atomic mass is 79.9. The minimum Gasteiger partial charge on any atom is -0.339 e. The lowest BCUT2D eigenvalue weighted by atomic mass is 10.2. The summed E-state index contributed by atoms with van der Waals surface area (Å²) in [6.07, 6.45) is -1.17. The minimum atomic E-state index is -1.93. The van der Waals surface area contributed by atoms with Crippen LogP contribution in [0, 0.1) is 10.1 Å². The Bertz CT molecular complexity index is 876. The van der Waals surface area contributed by atoms with Gasteiger partial charge in [-0.1, -0.05) is 50.7 Å². The number of thiocarbonyl (C=S) groups is 1. The van der Waals surface area contributed by atoms with E-state index in [4.69, 9.17) is 47.0 Å². The van der Waals surface area contributed by atoms with E-state index in [0.29, 0.717) is 5.69 Å². The number of nitrogens with zero attached hydrogens (tertiary/aromatic N) is 1. The van der Waals surface area contributed by atoms with Gasteiger partial charge in [0.1, 0.15) is 6.17 Å². The number of carbonyl (C=O) groups excluding carboxylic acids is 1. The molecule has 0 spiro atoms. The normalized spacial score (nSPS) is 12.0. The molecular formula is C16H12BrCl3N4O3S. The molecule has 0 saturated heterocycles. The Hall–Kier alpha value is -1.65. The van der Waals surface area contributed by atoms with Crippen LogP contribution in [0.3, 0.4) is 0 Å². The number of halogens is 4. The lowest BCUT2D eigenvalue weighted by molar-refractivity contribution is -0.384. The van der Waals surface area contributed by atoms with Crippen molar-refractivity contribution in [1.82, 2.24) is 10.6 Å². The minimum absolute atomic E-state index is 0.114. The molecule has 0 aliphatic carbocycles.